The Morgan fingerprint density at radius 2 is 2.20 bits per heavy atom. The molecule has 0 radical (unpaired) electrons. The average Bonchev–Trinajstić information content (AvgIpc) is 2.42. The first-order valence-electron chi connectivity index (χ1n) is 5.93. The highest BCUT2D eigenvalue weighted by Gasteiger charge is 2.13. The fourth-order valence-corrected chi connectivity index (χ4v) is 2.33. The van der Waals surface area contributed by atoms with E-state index in [4.69, 9.17) is 11.6 Å². The molecule has 0 aliphatic heterocycles. The lowest BCUT2D eigenvalue weighted by molar-refractivity contribution is 0.102. The second-order valence-corrected chi connectivity index (χ2v) is 5.32. The predicted octanol–water partition coefficient (Wildman–Crippen LogP) is 4.45. The minimum atomic E-state index is -0.511. The average molecular weight is 358 g/mol. The van der Waals surface area contributed by atoms with Crippen LogP contribution in [-0.2, 0) is 6.42 Å². The maximum absolute atomic E-state index is 13.7. The highest BCUT2D eigenvalue weighted by atomic mass is 79.9. The molecule has 1 heterocycles. The number of hydrogen-bond donors (Lipinski definition) is 1. The van der Waals surface area contributed by atoms with E-state index >= 15 is 0 Å². The number of aryl methyl sites for hydroxylation is 1. The summed E-state index contributed by atoms with van der Waals surface area (Å²) in [4.78, 5) is 16.2. The lowest BCUT2D eigenvalue weighted by Crippen LogP contribution is -2.14. The maximum Gasteiger partial charge on any atom is 0.255 e. The third-order valence-corrected chi connectivity index (χ3v) is 3.53. The van der Waals surface area contributed by atoms with Crippen LogP contribution in [0.4, 0.5) is 10.1 Å². The third kappa shape index (κ3) is 3.35. The molecule has 2 aromatic rings. The lowest BCUT2D eigenvalue weighted by atomic mass is 10.2. The van der Waals surface area contributed by atoms with Gasteiger partial charge in [0.2, 0.25) is 0 Å². The van der Waals surface area contributed by atoms with Crippen molar-refractivity contribution in [2.45, 2.75) is 13.3 Å². The molecule has 0 aliphatic rings. The molecule has 2 rings (SSSR count). The monoisotopic (exact) mass is 356 g/mol. The number of nitrogens with zero attached hydrogens (tertiary/aromatic N) is 1. The molecule has 1 aromatic heterocycles. The molecule has 104 valence electrons. The zero-order valence-electron chi connectivity index (χ0n) is 10.6. The van der Waals surface area contributed by atoms with Gasteiger partial charge in [-0.25, -0.2) is 9.37 Å². The van der Waals surface area contributed by atoms with Crippen molar-refractivity contribution in [1.82, 2.24) is 4.98 Å². The molecule has 0 fully saturated rings. The Kier molecular flexibility index (Phi) is 4.73. The minimum Gasteiger partial charge on any atom is -0.319 e. The molecule has 0 unspecified atom stereocenters. The van der Waals surface area contributed by atoms with Crippen LogP contribution in [0, 0.1) is 5.82 Å². The van der Waals surface area contributed by atoms with Crippen LogP contribution in [0.25, 0.3) is 0 Å². The zero-order chi connectivity index (χ0) is 14.7. The fourth-order valence-electron chi connectivity index (χ4n) is 1.67. The van der Waals surface area contributed by atoms with Crippen molar-refractivity contribution < 1.29 is 9.18 Å². The summed E-state index contributed by atoms with van der Waals surface area (Å²) in [7, 11) is 0. The first-order chi connectivity index (χ1) is 9.51. The van der Waals surface area contributed by atoms with E-state index in [-0.39, 0.29) is 10.8 Å². The minimum absolute atomic E-state index is 0.100. The Bertz CT molecular complexity index is 643. The highest BCUT2D eigenvalue weighted by molar-refractivity contribution is 9.10. The van der Waals surface area contributed by atoms with Gasteiger partial charge in [-0.2, -0.15) is 0 Å². The van der Waals surface area contributed by atoms with Gasteiger partial charge in [0.25, 0.3) is 5.91 Å². The number of nitrogens with one attached hydrogen (secondary N) is 1. The van der Waals surface area contributed by atoms with Crippen LogP contribution in [-0.4, -0.2) is 10.9 Å². The molecule has 0 bridgehead atoms. The van der Waals surface area contributed by atoms with Gasteiger partial charge in [-0.05, 0) is 46.6 Å². The van der Waals surface area contributed by atoms with E-state index < -0.39 is 11.7 Å². The Morgan fingerprint density at radius 1 is 1.45 bits per heavy atom. The van der Waals surface area contributed by atoms with Gasteiger partial charge in [-0.15, -0.1) is 0 Å². The number of carbonyl (C=O) groups is 1. The number of aromatic nitrogens is 1. The van der Waals surface area contributed by atoms with Crippen molar-refractivity contribution in [3.63, 3.8) is 0 Å². The SMILES string of the molecule is CCc1cc(C(=O)Nc2c(F)cccc2Br)cc(Cl)n1. The molecule has 20 heavy (non-hydrogen) atoms. The van der Waals surface area contributed by atoms with Crippen molar-refractivity contribution in [1.29, 1.82) is 0 Å². The number of rotatable bonds is 3. The molecular weight excluding hydrogens is 347 g/mol. The summed E-state index contributed by atoms with van der Waals surface area (Å²) in [5.74, 6) is -0.946. The molecule has 6 heteroatoms. The van der Waals surface area contributed by atoms with Crippen molar-refractivity contribution in [2.75, 3.05) is 5.32 Å². The Morgan fingerprint density at radius 3 is 2.85 bits per heavy atom. The first-order valence-corrected chi connectivity index (χ1v) is 7.10. The standard InChI is InChI=1S/C14H11BrClFN2O/c1-2-9-6-8(7-12(16)18-9)14(20)19-13-10(15)4-3-5-11(13)17/h3-7H,2H2,1H3,(H,19,20). The van der Waals surface area contributed by atoms with Crippen LogP contribution in [0.5, 0.6) is 0 Å². The van der Waals surface area contributed by atoms with Gasteiger partial charge in [-0.1, -0.05) is 24.6 Å². The number of pyridine rings is 1. The molecule has 0 atom stereocenters. The quantitative estimate of drug-likeness (QED) is 0.825. The highest BCUT2D eigenvalue weighted by Crippen LogP contribution is 2.26. The van der Waals surface area contributed by atoms with Gasteiger partial charge in [-0.3, -0.25) is 4.79 Å². The van der Waals surface area contributed by atoms with E-state index in [0.717, 1.165) is 0 Å². The van der Waals surface area contributed by atoms with Crippen LogP contribution >= 0.6 is 27.5 Å². The summed E-state index contributed by atoms with van der Waals surface area (Å²) in [6.45, 7) is 1.91. The zero-order valence-corrected chi connectivity index (χ0v) is 12.9. The molecule has 0 spiro atoms. The summed E-state index contributed by atoms with van der Waals surface area (Å²) < 4.78 is 14.1. The second kappa shape index (κ2) is 6.33. The summed E-state index contributed by atoms with van der Waals surface area (Å²) in [6.07, 6.45) is 0.657. The van der Waals surface area contributed by atoms with Gasteiger partial charge < -0.3 is 5.32 Å². The van der Waals surface area contributed by atoms with E-state index in [9.17, 15) is 9.18 Å². The largest absolute Gasteiger partial charge is 0.319 e. The number of carbonyl (C=O) groups excluding carboxylic acids is 1. The number of benzene rings is 1. The summed E-state index contributed by atoms with van der Waals surface area (Å²) in [5, 5.41) is 2.76. The van der Waals surface area contributed by atoms with E-state index in [1.54, 1.807) is 18.2 Å². The van der Waals surface area contributed by atoms with Crippen molar-refractivity contribution >= 4 is 39.1 Å². The molecule has 0 saturated heterocycles. The van der Waals surface area contributed by atoms with Crippen LogP contribution < -0.4 is 5.32 Å². The van der Waals surface area contributed by atoms with Crippen molar-refractivity contribution in [3.8, 4) is 0 Å². The number of anilines is 1. The topological polar surface area (TPSA) is 42.0 Å². The molecule has 1 aromatic carbocycles. The number of amides is 1. The van der Waals surface area contributed by atoms with Crippen LogP contribution in [0.3, 0.4) is 0 Å². The molecule has 1 amide bonds. The second-order valence-electron chi connectivity index (χ2n) is 4.07. The van der Waals surface area contributed by atoms with Gasteiger partial charge in [0.1, 0.15) is 11.0 Å². The molecule has 1 N–H and O–H groups in total. The smallest absolute Gasteiger partial charge is 0.255 e. The first kappa shape index (κ1) is 14.9. The van der Waals surface area contributed by atoms with Gasteiger partial charge in [0, 0.05) is 15.7 Å². The van der Waals surface area contributed by atoms with Gasteiger partial charge in [0.05, 0.1) is 5.69 Å². The number of para-hydroxylation sites is 1. The summed E-state index contributed by atoms with van der Waals surface area (Å²) in [6, 6.07) is 7.56. The van der Waals surface area contributed by atoms with Gasteiger partial charge >= 0.3 is 0 Å². The van der Waals surface area contributed by atoms with Crippen molar-refractivity contribution in [2.24, 2.45) is 0 Å². The maximum atomic E-state index is 13.7. The van der Waals surface area contributed by atoms with E-state index in [2.05, 4.69) is 26.2 Å². The molecule has 0 aliphatic carbocycles. The van der Waals surface area contributed by atoms with Crippen molar-refractivity contribution in [3.05, 3.63) is 57.0 Å². The van der Waals surface area contributed by atoms with E-state index in [0.29, 0.717) is 22.2 Å². The Balaban J connectivity index is 2.31. The lowest BCUT2D eigenvalue weighted by Gasteiger charge is -2.09. The van der Waals surface area contributed by atoms with Crippen LogP contribution in [0.15, 0.2) is 34.8 Å². The Labute approximate surface area is 129 Å². The summed E-state index contributed by atoms with van der Waals surface area (Å²) in [5.41, 5.74) is 1.15. The molecular formula is C14H11BrClFN2O. The molecule has 3 nitrogen and oxygen atoms in total. The molecule has 0 saturated carbocycles. The van der Waals surface area contributed by atoms with E-state index in [1.807, 2.05) is 6.92 Å². The summed E-state index contributed by atoms with van der Waals surface area (Å²) >= 11 is 9.06. The number of hydrogen-bond acceptors (Lipinski definition) is 2. The van der Waals surface area contributed by atoms with E-state index in [1.165, 1.54) is 12.1 Å². The fraction of sp³-hybridized carbons (Fsp3) is 0.143. The number of halogens is 3. The van der Waals surface area contributed by atoms with Crippen LogP contribution in [0.1, 0.15) is 23.0 Å². The van der Waals surface area contributed by atoms with Crippen LogP contribution in [0.2, 0.25) is 5.15 Å². The Hall–Kier alpha value is -1.46. The predicted molar refractivity (Wildman–Crippen MR) is 80.7 cm³/mol. The third-order valence-electron chi connectivity index (χ3n) is 2.67. The normalized spacial score (nSPS) is 10.4. The van der Waals surface area contributed by atoms with Gasteiger partial charge in [0.15, 0.2) is 0 Å².